The number of benzene rings is 2. The second kappa shape index (κ2) is 13.7. The maximum Gasteiger partial charge on any atom is 0.277 e. The van der Waals surface area contributed by atoms with Crippen LogP contribution in [-0.4, -0.2) is 51.5 Å². The summed E-state index contributed by atoms with van der Waals surface area (Å²) in [4.78, 5) is 23.0. The van der Waals surface area contributed by atoms with Crippen molar-refractivity contribution in [3.05, 3.63) is 56.4 Å². The van der Waals surface area contributed by atoms with Crippen molar-refractivity contribution in [3.8, 4) is 0 Å². The summed E-state index contributed by atoms with van der Waals surface area (Å²) in [5.74, 6) is -4.42. The molecular weight excluding hydrogens is 634 g/mol. The lowest BCUT2D eigenvalue weighted by Gasteiger charge is -2.36. The maximum atomic E-state index is 15.2. The molecule has 2 rings (SSSR count). The van der Waals surface area contributed by atoms with Crippen LogP contribution in [-0.2, 0) is 14.1 Å². The number of hydroxylamine groups is 1. The molecule has 8 nitrogen and oxygen atoms in total. The molecule has 0 aromatic heterocycles. The lowest BCUT2D eigenvalue weighted by atomic mass is 10.1. The zero-order chi connectivity index (χ0) is 28.7. The minimum absolute atomic E-state index is 0.00980. The Balaban J connectivity index is 2.28. The zero-order valence-corrected chi connectivity index (χ0v) is 25.3. The number of anilines is 2. The predicted octanol–water partition coefficient (Wildman–Crippen LogP) is 5.87. The third-order valence-electron chi connectivity index (χ3n) is 5.87. The molecule has 0 aliphatic carbocycles. The van der Waals surface area contributed by atoms with Crippen LogP contribution in [0.5, 0.6) is 0 Å². The molecule has 2 aromatic carbocycles. The highest BCUT2D eigenvalue weighted by Crippen LogP contribution is 2.36. The van der Waals surface area contributed by atoms with Crippen LogP contribution >= 0.6 is 22.6 Å². The average molecular weight is 668 g/mol. The summed E-state index contributed by atoms with van der Waals surface area (Å²) in [5.41, 5.74) is 0.655. The van der Waals surface area contributed by atoms with E-state index < -0.39 is 49.0 Å². The number of carbonyl (C=O) groups is 1. The highest BCUT2D eigenvalue weighted by molar-refractivity contribution is 14.1. The lowest BCUT2D eigenvalue weighted by Crippen LogP contribution is -2.41. The summed E-state index contributed by atoms with van der Waals surface area (Å²) < 4.78 is 51.0. The van der Waals surface area contributed by atoms with Gasteiger partial charge in [-0.15, -0.1) is 0 Å². The molecule has 0 heterocycles. The number of aliphatic hydroxyl groups is 1. The number of rotatable bonds is 12. The van der Waals surface area contributed by atoms with E-state index in [2.05, 4.69) is 49.8 Å². The number of carbonyl (C=O) groups excluding carboxylic acids is 1. The smallest absolute Gasteiger partial charge is 0.277 e. The molecule has 38 heavy (non-hydrogen) atoms. The van der Waals surface area contributed by atoms with Crippen molar-refractivity contribution in [2.24, 2.45) is 5.16 Å². The molecule has 0 bridgehead atoms. The van der Waals surface area contributed by atoms with Gasteiger partial charge in [-0.1, -0.05) is 25.9 Å². The summed E-state index contributed by atoms with van der Waals surface area (Å²) in [6.45, 7) is 11.9. The first-order valence-corrected chi connectivity index (χ1v) is 15.8. The van der Waals surface area contributed by atoms with E-state index in [4.69, 9.17) is 14.1 Å². The van der Waals surface area contributed by atoms with Crippen molar-refractivity contribution in [1.82, 2.24) is 5.48 Å². The fourth-order valence-electron chi connectivity index (χ4n) is 2.74. The molecular formula is C25H33F3IN3O5Si. The zero-order valence-electron chi connectivity index (χ0n) is 22.1. The second-order valence-electron chi connectivity index (χ2n) is 10.0. The molecule has 0 fully saturated rings. The first kappa shape index (κ1) is 32.0. The SMILES string of the molecule is CC(O)CO/N=C\c1cc(C(=O)NOCCO[Si](C)(C)C(C)(C)C)c(Nc2ccc(I)cc2F)c(F)c1F. The van der Waals surface area contributed by atoms with Crippen molar-refractivity contribution < 1.29 is 37.2 Å². The van der Waals surface area contributed by atoms with Gasteiger partial charge in [-0.3, -0.25) is 9.63 Å². The third kappa shape index (κ3) is 8.93. The highest BCUT2D eigenvalue weighted by Gasteiger charge is 2.36. The van der Waals surface area contributed by atoms with Crippen molar-refractivity contribution in [1.29, 1.82) is 0 Å². The Morgan fingerprint density at radius 2 is 1.87 bits per heavy atom. The summed E-state index contributed by atoms with van der Waals surface area (Å²) >= 11 is 1.90. The van der Waals surface area contributed by atoms with E-state index in [1.54, 1.807) is 6.07 Å². The van der Waals surface area contributed by atoms with E-state index in [0.29, 0.717) is 3.57 Å². The van der Waals surface area contributed by atoms with Crippen molar-refractivity contribution in [2.45, 2.75) is 51.9 Å². The minimum Gasteiger partial charge on any atom is -0.414 e. The van der Waals surface area contributed by atoms with Gasteiger partial charge in [-0.2, -0.15) is 0 Å². The van der Waals surface area contributed by atoms with E-state index >= 15 is 4.39 Å². The molecule has 13 heteroatoms. The van der Waals surface area contributed by atoms with Crippen LogP contribution in [0.25, 0.3) is 0 Å². The highest BCUT2D eigenvalue weighted by atomic mass is 127. The van der Waals surface area contributed by atoms with Gasteiger partial charge in [0.1, 0.15) is 12.4 Å². The number of nitrogens with one attached hydrogen (secondary N) is 2. The number of hydrogen-bond acceptors (Lipinski definition) is 7. The van der Waals surface area contributed by atoms with Crippen LogP contribution in [0.15, 0.2) is 29.4 Å². The molecule has 1 amide bonds. The fraction of sp³-hybridized carbons (Fsp3) is 0.440. The number of oxime groups is 1. The topological polar surface area (TPSA) is 101 Å². The van der Waals surface area contributed by atoms with Crippen molar-refractivity contribution in [3.63, 3.8) is 0 Å². The van der Waals surface area contributed by atoms with Gasteiger partial charge in [0.15, 0.2) is 20.0 Å². The van der Waals surface area contributed by atoms with Crippen molar-refractivity contribution >= 4 is 54.4 Å². The molecule has 210 valence electrons. The normalized spacial score (nSPS) is 13.0. The predicted molar refractivity (Wildman–Crippen MR) is 151 cm³/mol. The van der Waals surface area contributed by atoms with Gasteiger partial charge in [-0.25, -0.2) is 18.7 Å². The van der Waals surface area contributed by atoms with Gasteiger partial charge in [0.05, 0.1) is 42.5 Å². The van der Waals surface area contributed by atoms with Crippen molar-refractivity contribution in [2.75, 3.05) is 25.1 Å². The summed E-state index contributed by atoms with van der Waals surface area (Å²) in [5, 5.41) is 15.2. The molecule has 0 radical (unpaired) electrons. The molecule has 0 aliphatic heterocycles. The number of halogens is 4. The Hall–Kier alpha value is -2.20. The largest absolute Gasteiger partial charge is 0.414 e. The van der Waals surface area contributed by atoms with Gasteiger partial charge in [0.2, 0.25) is 0 Å². The molecule has 0 aliphatic rings. The molecule has 1 atom stereocenters. The monoisotopic (exact) mass is 667 g/mol. The second-order valence-corrected chi connectivity index (χ2v) is 16.1. The maximum absolute atomic E-state index is 15.2. The Morgan fingerprint density at radius 1 is 1.18 bits per heavy atom. The van der Waals surface area contributed by atoms with Gasteiger partial charge >= 0.3 is 0 Å². The van der Waals surface area contributed by atoms with Crippen LogP contribution in [0.2, 0.25) is 18.1 Å². The Morgan fingerprint density at radius 3 is 2.47 bits per heavy atom. The quantitative estimate of drug-likeness (QED) is 0.0862. The summed E-state index contributed by atoms with van der Waals surface area (Å²) in [7, 11) is -2.02. The average Bonchev–Trinajstić information content (AvgIpc) is 2.81. The van der Waals surface area contributed by atoms with E-state index in [1.165, 1.54) is 19.1 Å². The van der Waals surface area contributed by atoms with Crippen LogP contribution in [0.3, 0.4) is 0 Å². The molecule has 0 saturated heterocycles. The number of amides is 1. The summed E-state index contributed by atoms with van der Waals surface area (Å²) in [6.07, 6.45) is 0.0315. The third-order valence-corrected chi connectivity index (χ3v) is 11.1. The van der Waals surface area contributed by atoms with Gasteiger partial charge < -0.3 is 19.7 Å². The molecule has 1 unspecified atom stereocenters. The number of hydrogen-bond donors (Lipinski definition) is 3. The first-order valence-electron chi connectivity index (χ1n) is 11.8. The Kier molecular flexibility index (Phi) is 11.6. The minimum atomic E-state index is -2.02. The fourth-order valence-corrected chi connectivity index (χ4v) is 4.22. The standard InChI is InChI=1S/C25H33F3IN3O5Si/c1-15(33)14-36-30-13-16-11-18(24(34)32-35-9-10-37-38(5,6)25(2,3)4)23(22(28)21(16)27)31-20-8-7-17(29)12-19(20)26/h7-8,11-13,15,31,33H,9-10,14H2,1-6H3,(H,32,34)/b30-13-. The molecule has 3 N–H and O–H groups in total. The van der Waals surface area contributed by atoms with E-state index in [-0.39, 0.29) is 36.1 Å². The van der Waals surface area contributed by atoms with Crippen LogP contribution in [0, 0.1) is 21.0 Å². The molecule has 2 aromatic rings. The number of aliphatic hydroxyl groups excluding tert-OH is 1. The van der Waals surface area contributed by atoms with Gasteiger partial charge in [-0.05, 0) is 71.9 Å². The number of nitrogens with zero attached hydrogens (tertiary/aromatic N) is 1. The van der Waals surface area contributed by atoms with Gasteiger partial charge in [0.25, 0.3) is 5.91 Å². The summed E-state index contributed by atoms with van der Waals surface area (Å²) in [6, 6.07) is 5.12. The van der Waals surface area contributed by atoms with E-state index in [1.807, 2.05) is 22.6 Å². The van der Waals surface area contributed by atoms with Gasteiger partial charge in [0, 0.05) is 9.13 Å². The Labute approximate surface area is 235 Å². The molecule has 0 saturated carbocycles. The van der Waals surface area contributed by atoms with E-state index in [0.717, 1.165) is 12.3 Å². The van der Waals surface area contributed by atoms with E-state index in [9.17, 15) is 18.7 Å². The first-order chi connectivity index (χ1) is 17.6. The van der Waals surface area contributed by atoms with Crippen LogP contribution < -0.4 is 10.8 Å². The van der Waals surface area contributed by atoms with Crippen LogP contribution in [0.1, 0.15) is 43.6 Å². The van der Waals surface area contributed by atoms with Crippen LogP contribution in [0.4, 0.5) is 24.5 Å². The lowest BCUT2D eigenvalue weighted by molar-refractivity contribution is 0.0184. The molecule has 0 spiro atoms. The Bertz CT molecular complexity index is 1160.